The number of hydrogen-bond acceptors (Lipinski definition) is 4. The Bertz CT molecular complexity index is 1040. The van der Waals surface area contributed by atoms with E-state index in [0.717, 1.165) is 35.8 Å². The summed E-state index contributed by atoms with van der Waals surface area (Å²) in [6.07, 6.45) is -1.99. The number of hydrogen-bond donors (Lipinski definition) is 1. The number of thiophene rings is 1. The average molecular weight is 380 g/mol. The smallest absolute Gasteiger partial charge is 0.387 e. The lowest BCUT2D eigenvalue weighted by Crippen LogP contribution is -2.25. The van der Waals surface area contributed by atoms with Crippen molar-refractivity contribution in [1.82, 2.24) is 9.55 Å². The summed E-state index contributed by atoms with van der Waals surface area (Å²) in [6.45, 7) is -0.278. The summed E-state index contributed by atoms with van der Waals surface area (Å²) >= 11 is 1.49. The molecule has 136 valence electrons. The second-order valence-corrected chi connectivity index (χ2v) is 7.42. The van der Waals surface area contributed by atoms with E-state index >= 15 is 0 Å². The van der Waals surface area contributed by atoms with Crippen LogP contribution >= 0.6 is 11.3 Å². The van der Waals surface area contributed by atoms with Crippen LogP contribution in [-0.4, -0.2) is 14.7 Å². The predicted molar refractivity (Wildman–Crippen MR) is 92.3 cm³/mol. The molecule has 1 N–H and O–H groups in total. The Morgan fingerprint density at radius 3 is 2.81 bits per heavy atom. The van der Waals surface area contributed by atoms with E-state index in [0.29, 0.717) is 10.2 Å². The van der Waals surface area contributed by atoms with Crippen molar-refractivity contribution in [3.05, 3.63) is 62.5 Å². The summed E-state index contributed by atoms with van der Waals surface area (Å²) in [5, 5.41) is 10.9. The molecule has 0 bridgehead atoms. The number of benzene rings is 1. The molecule has 0 amide bonds. The van der Waals surface area contributed by atoms with E-state index in [2.05, 4.69) is 4.98 Å². The maximum Gasteiger partial charge on any atom is 0.416 e. The van der Waals surface area contributed by atoms with Gasteiger partial charge in [-0.05, 0) is 36.5 Å². The lowest BCUT2D eigenvalue weighted by Gasteiger charge is -2.18. The summed E-state index contributed by atoms with van der Waals surface area (Å²) in [5.41, 5.74) is -0.450. The molecule has 4 nitrogen and oxygen atoms in total. The molecular weight excluding hydrogens is 365 g/mol. The van der Waals surface area contributed by atoms with Crippen LogP contribution in [0.15, 0.2) is 35.4 Å². The van der Waals surface area contributed by atoms with Crippen LogP contribution in [0.25, 0.3) is 10.2 Å². The Morgan fingerprint density at radius 2 is 2.04 bits per heavy atom. The van der Waals surface area contributed by atoms with E-state index in [1.807, 2.05) is 0 Å². The first-order valence-corrected chi connectivity index (χ1v) is 9.02. The van der Waals surface area contributed by atoms with Crippen molar-refractivity contribution in [2.24, 2.45) is 0 Å². The van der Waals surface area contributed by atoms with Gasteiger partial charge in [0.1, 0.15) is 4.83 Å². The monoisotopic (exact) mass is 380 g/mol. The van der Waals surface area contributed by atoms with E-state index in [-0.39, 0.29) is 17.7 Å². The zero-order valence-electron chi connectivity index (χ0n) is 13.6. The fraction of sp³-hybridized carbons (Fsp3) is 0.333. The molecule has 0 aliphatic heterocycles. The third-order valence-electron chi connectivity index (χ3n) is 4.69. The van der Waals surface area contributed by atoms with Crippen molar-refractivity contribution in [2.75, 3.05) is 0 Å². The van der Waals surface area contributed by atoms with Crippen LogP contribution in [0.1, 0.15) is 34.1 Å². The maximum atomic E-state index is 13.2. The lowest BCUT2D eigenvalue weighted by molar-refractivity contribution is -0.139. The van der Waals surface area contributed by atoms with Gasteiger partial charge in [-0.25, -0.2) is 4.98 Å². The highest BCUT2D eigenvalue weighted by Crippen LogP contribution is 2.36. The SMILES string of the molecule is O=c1c2c3c(sc2ncn1CC(O)c1ccccc1C(F)(F)F)CCC3. The summed E-state index contributed by atoms with van der Waals surface area (Å²) in [7, 11) is 0. The molecule has 3 aromatic rings. The highest BCUT2D eigenvalue weighted by molar-refractivity contribution is 7.18. The van der Waals surface area contributed by atoms with Crippen LogP contribution < -0.4 is 5.56 Å². The van der Waals surface area contributed by atoms with Gasteiger partial charge in [0.05, 0.1) is 29.9 Å². The Hall–Kier alpha value is -2.19. The fourth-order valence-corrected chi connectivity index (χ4v) is 4.70. The van der Waals surface area contributed by atoms with Gasteiger partial charge in [-0.3, -0.25) is 9.36 Å². The third kappa shape index (κ3) is 2.83. The van der Waals surface area contributed by atoms with Gasteiger partial charge in [-0.15, -0.1) is 11.3 Å². The number of alkyl halides is 3. The average Bonchev–Trinajstić information content (AvgIpc) is 3.17. The molecule has 26 heavy (non-hydrogen) atoms. The second-order valence-electron chi connectivity index (χ2n) is 6.34. The minimum absolute atomic E-state index is 0.248. The minimum atomic E-state index is -4.57. The molecular formula is C18H15F3N2O2S. The largest absolute Gasteiger partial charge is 0.416 e. The molecule has 0 saturated heterocycles. The predicted octanol–water partition coefficient (Wildman–Crippen LogP) is 3.70. The molecule has 2 heterocycles. The van der Waals surface area contributed by atoms with Gasteiger partial charge in [0, 0.05) is 4.88 Å². The molecule has 0 fully saturated rings. The van der Waals surface area contributed by atoms with Crippen LogP contribution in [0, 0.1) is 0 Å². The first-order valence-electron chi connectivity index (χ1n) is 8.20. The van der Waals surface area contributed by atoms with E-state index < -0.39 is 17.8 Å². The molecule has 4 rings (SSSR count). The van der Waals surface area contributed by atoms with Crippen molar-refractivity contribution >= 4 is 21.6 Å². The topological polar surface area (TPSA) is 55.1 Å². The zero-order chi connectivity index (χ0) is 18.5. The molecule has 8 heteroatoms. The molecule has 0 saturated carbocycles. The summed E-state index contributed by atoms with van der Waals surface area (Å²) in [6, 6.07) is 4.86. The Balaban J connectivity index is 1.72. The van der Waals surface area contributed by atoms with E-state index in [1.165, 1.54) is 40.4 Å². The van der Waals surface area contributed by atoms with Crippen molar-refractivity contribution in [2.45, 2.75) is 38.1 Å². The van der Waals surface area contributed by atoms with Crippen LogP contribution in [0.5, 0.6) is 0 Å². The van der Waals surface area contributed by atoms with Crippen LogP contribution in [0.3, 0.4) is 0 Å². The first-order chi connectivity index (χ1) is 12.4. The van der Waals surface area contributed by atoms with Crippen LogP contribution in [0.4, 0.5) is 13.2 Å². The number of aryl methyl sites for hydroxylation is 2. The van der Waals surface area contributed by atoms with Crippen LogP contribution in [0.2, 0.25) is 0 Å². The Kier molecular flexibility index (Phi) is 4.11. The van der Waals surface area contributed by atoms with Crippen molar-refractivity contribution in [1.29, 1.82) is 0 Å². The van der Waals surface area contributed by atoms with Gasteiger partial charge in [0.25, 0.3) is 5.56 Å². The quantitative estimate of drug-likeness (QED) is 0.754. The van der Waals surface area contributed by atoms with E-state index in [9.17, 15) is 23.1 Å². The molecule has 1 aromatic carbocycles. The van der Waals surface area contributed by atoms with E-state index in [1.54, 1.807) is 0 Å². The van der Waals surface area contributed by atoms with Crippen molar-refractivity contribution in [3.8, 4) is 0 Å². The van der Waals surface area contributed by atoms with Crippen molar-refractivity contribution in [3.63, 3.8) is 0 Å². The molecule has 1 atom stereocenters. The first kappa shape index (κ1) is 17.2. The highest BCUT2D eigenvalue weighted by Gasteiger charge is 2.34. The normalized spacial score (nSPS) is 15.4. The molecule has 1 unspecified atom stereocenters. The molecule has 2 aromatic heterocycles. The number of aliphatic hydroxyl groups excluding tert-OH is 1. The van der Waals surface area contributed by atoms with Gasteiger partial charge in [0.15, 0.2) is 0 Å². The van der Waals surface area contributed by atoms with Gasteiger partial charge in [-0.1, -0.05) is 18.2 Å². The minimum Gasteiger partial charge on any atom is -0.387 e. The lowest BCUT2D eigenvalue weighted by atomic mass is 10.0. The maximum absolute atomic E-state index is 13.2. The number of nitrogens with zero attached hydrogens (tertiary/aromatic N) is 2. The fourth-order valence-electron chi connectivity index (χ4n) is 3.48. The zero-order valence-corrected chi connectivity index (χ0v) is 14.4. The summed E-state index contributed by atoms with van der Waals surface area (Å²) in [5.74, 6) is 0. The number of fused-ring (bicyclic) bond motifs is 3. The molecule has 0 radical (unpaired) electrons. The molecule has 0 spiro atoms. The number of aliphatic hydroxyl groups is 1. The molecule has 1 aliphatic rings. The Morgan fingerprint density at radius 1 is 1.27 bits per heavy atom. The summed E-state index contributed by atoms with van der Waals surface area (Å²) in [4.78, 5) is 18.9. The van der Waals surface area contributed by atoms with Gasteiger partial charge in [0.2, 0.25) is 0 Å². The standard InChI is InChI=1S/C18H15F3N2O2S/c19-18(20,21)12-6-2-1-4-10(12)13(24)8-23-9-22-16-15(17(23)25)11-5-3-7-14(11)26-16/h1-2,4,6,9,13,24H,3,5,7-8H2. The van der Waals surface area contributed by atoms with Crippen molar-refractivity contribution < 1.29 is 18.3 Å². The van der Waals surface area contributed by atoms with Gasteiger partial charge in [-0.2, -0.15) is 13.2 Å². The Labute approximate surface area is 150 Å². The second kappa shape index (κ2) is 6.21. The number of halogens is 3. The van der Waals surface area contributed by atoms with E-state index in [4.69, 9.17) is 0 Å². The third-order valence-corrected chi connectivity index (χ3v) is 5.89. The highest BCUT2D eigenvalue weighted by atomic mass is 32.1. The molecule has 1 aliphatic carbocycles. The van der Waals surface area contributed by atoms with Gasteiger partial charge < -0.3 is 5.11 Å². The van der Waals surface area contributed by atoms with Gasteiger partial charge >= 0.3 is 6.18 Å². The number of aromatic nitrogens is 2. The summed E-state index contributed by atoms with van der Waals surface area (Å²) < 4.78 is 40.7. The van der Waals surface area contributed by atoms with Crippen LogP contribution in [-0.2, 0) is 25.6 Å². The number of rotatable bonds is 3.